The van der Waals surface area contributed by atoms with E-state index in [1.165, 1.54) is 142 Å². The standard InChI is InChI=1S/3C47H25N3/c1-49-31-12-7-11-30(22-31)39-24-40-33-14-3-2-13-32(33)38(29-10-6-9-28(21-29)27-48)23-44(40)45-26-42-37-19-18-34(46-17-4-5-20-50-46)35-15-8-16-36(47(35)37)41(42)25-43(39)45;2*48-26-28-11-15-30(16-12-28)38-22-44-40(33-7-2-1-6-32(33)38)23-39(31-17-13-29(27-49)14-18-31)43-24-41-36-9-5-8-35-34(46-10-3-4-21-50-46)19-20-37(47(35)36)42(41)25-45(43)44/h2-26H;2*1-25H. The first-order chi connectivity index (χ1) is 74.1. The van der Waals surface area contributed by atoms with Gasteiger partial charge in [-0.05, 0) is 439 Å². The van der Waals surface area contributed by atoms with Crippen LogP contribution < -0.4 is 0 Å². The lowest BCUT2D eigenvalue weighted by Gasteiger charge is -2.18. The van der Waals surface area contributed by atoms with Crippen LogP contribution in [0.4, 0.5) is 5.69 Å². The molecule has 0 saturated heterocycles. The maximum atomic E-state index is 9.75. The molecule has 0 unspecified atom stereocenters. The summed E-state index contributed by atoms with van der Waals surface area (Å²) in [4.78, 5) is 17.9. The number of aromatic nitrogens is 3. The van der Waals surface area contributed by atoms with Crippen molar-refractivity contribution in [1.82, 2.24) is 15.0 Å². The largest absolute Gasteiger partial charge is 0.256 e. The van der Waals surface area contributed by atoms with Gasteiger partial charge in [-0.1, -0.05) is 261 Å². The monoisotopic (exact) mass is 1890 g/mol. The highest BCUT2D eigenvalue weighted by atomic mass is 14.7. The second-order valence-electron chi connectivity index (χ2n) is 38.7. The highest BCUT2D eigenvalue weighted by Gasteiger charge is 2.32. The van der Waals surface area contributed by atoms with Gasteiger partial charge in [0.1, 0.15) is 0 Å². The summed E-state index contributed by atoms with van der Waals surface area (Å²) in [5, 5.41) is 76.1. The van der Waals surface area contributed by atoms with Crippen molar-refractivity contribution in [2.24, 2.45) is 0 Å². The Bertz CT molecular complexity index is 10500. The van der Waals surface area contributed by atoms with E-state index in [4.69, 9.17) is 21.5 Å². The van der Waals surface area contributed by atoms with Gasteiger partial charge in [-0.25, -0.2) is 4.85 Å². The van der Waals surface area contributed by atoms with Crippen LogP contribution in [0.15, 0.2) is 455 Å². The molecule has 30 rings (SSSR count). The molecule has 0 saturated carbocycles. The van der Waals surface area contributed by atoms with E-state index in [0.717, 1.165) is 154 Å². The molecule has 150 heavy (non-hydrogen) atoms. The molecule has 0 radical (unpaired) electrons. The number of pyridine rings is 3. The zero-order chi connectivity index (χ0) is 100. The van der Waals surface area contributed by atoms with Crippen LogP contribution in [0.2, 0.25) is 0 Å². The Kier molecular flexibility index (Phi) is 20.1. The number of hydrogen-bond donors (Lipinski definition) is 0. The Hall–Kier alpha value is -21.2. The van der Waals surface area contributed by atoms with Gasteiger partial charge in [0.05, 0.1) is 81.8 Å². The van der Waals surface area contributed by atoms with Crippen molar-refractivity contribution in [2.45, 2.75) is 0 Å². The number of fused-ring (bicyclic) bond motifs is 24. The van der Waals surface area contributed by atoms with Gasteiger partial charge in [0, 0.05) is 35.3 Å². The minimum atomic E-state index is 0.619. The SMILES string of the molecule is N#Cc1ccc(-c2cc3c4cc5c(cc4c(-c4ccc(C#N)cc4)cc3c3ccccc23)-c2cccc3c(-c4ccccn4)ccc-5c23)cc1.N#Cc1ccc(-c2cc3c4cc5c(cc4c(-c4ccc(C#N)cc4)cc3c3ccccc23)-c2cccc3c(-c4ccccn4)ccc-5c23)cc1.[C-]#[N+]c1cccc(-c2cc3c4ccccc4c(-c4cccc(C#N)c4)cc3c3cc4c(cc23)-c2cccc3c(-c5ccccn5)ccc-4c23)c1. The topological polar surface area (TPSA) is 162 Å². The fourth-order valence-corrected chi connectivity index (χ4v) is 24.1. The molecule has 0 spiro atoms. The van der Waals surface area contributed by atoms with Gasteiger partial charge in [0.15, 0.2) is 5.69 Å². The minimum Gasteiger partial charge on any atom is -0.256 e. The molecule has 3 heterocycles. The van der Waals surface area contributed by atoms with Crippen LogP contribution in [0.1, 0.15) is 27.8 Å². The molecule has 3 aromatic heterocycles. The molecule has 0 N–H and O–H groups in total. The third-order valence-electron chi connectivity index (χ3n) is 30.9. The van der Waals surface area contributed by atoms with Crippen LogP contribution in [-0.2, 0) is 0 Å². The van der Waals surface area contributed by atoms with E-state index >= 15 is 0 Å². The summed E-state index contributed by atoms with van der Waals surface area (Å²) in [5.41, 5.74) is 37.9. The maximum absolute atomic E-state index is 9.75. The summed E-state index contributed by atoms with van der Waals surface area (Å²) < 4.78 is 0. The van der Waals surface area contributed by atoms with Crippen LogP contribution in [-0.4, -0.2) is 15.0 Å². The van der Waals surface area contributed by atoms with Crippen molar-refractivity contribution in [1.29, 1.82) is 26.3 Å². The lowest BCUT2D eigenvalue weighted by molar-refractivity contribution is 1.33. The van der Waals surface area contributed by atoms with Crippen molar-refractivity contribution < 1.29 is 0 Å². The summed E-state index contributed by atoms with van der Waals surface area (Å²) >= 11 is 0. The third kappa shape index (κ3) is 13.8. The lowest BCUT2D eigenvalue weighted by atomic mass is 9.86. The summed E-state index contributed by atoms with van der Waals surface area (Å²) in [6.07, 6.45) is 5.56. The van der Waals surface area contributed by atoms with Gasteiger partial charge in [-0.3, -0.25) is 15.0 Å². The smallest absolute Gasteiger partial charge is 0.187 e. The van der Waals surface area contributed by atoms with Crippen molar-refractivity contribution in [3.63, 3.8) is 0 Å². The molecular formula is C141H75N9. The van der Waals surface area contributed by atoms with E-state index in [0.29, 0.717) is 33.5 Å². The predicted molar refractivity (Wildman–Crippen MR) is 615 cm³/mol. The normalized spacial score (nSPS) is 11.6. The average molecular weight is 1900 g/mol. The molecule has 27 aromatic rings. The molecule has 3 aliphatic carbocycles. The summed E-state index contributed by atoms with van der Waals surface area (Å²) in [7, 11) is 0. The second-order valence-corrected chi connectivity index (χ2v) is 38.7. The van der Waals surface area contributed by atoms with E-state index in [9.17, 15) is 26.3 Å². The number of benzene rings is 24. The highest BCUT2D eigenvalue weighted by molar-refractivity contribution is 6.33. The maximum Gasteiger partial charge on any atom is 0.187 e. The fraction of sp³-hybridized carbons (Fsp3) is 0. The van der Waals surface area contributed by atoms with E-state index in [-0.39, 0.29) is 0 Å². The van der Waals surface area contributed by atoms with Gasteiger partial charge < -0.3 is 0 Å². The first kappa shape index (κ1) is 86.7. The molecule has 0 atom stereocenters. The Morgan fingerprint density at radius 1 is 0.153 bits per heavy atom. The summed E-state index contributed by atoms with van der Waals surface area (Å²) in [6.45, 7) is 7.76. The summed E-state index contributed by atoms with van der Waals surface area (Å²) in [6, 6.07) is 164. The Balaban J connectivity index is 0.000000108. The Labute approximate surface area is 862 Å². The van der Waals surface area contributed by atoms with Crippen molar-refractivity contribution in [3.05, 3.63) is 495 Å². The van der Waals surface area contributed by atoms with Crippen molar-refractivity contribution >= 4 is 135 Å². The number of rotatable bonds is 9. The molecule has 0 bridgehead atoms. The van der Waals surface area contributed by atoms with Crippen LogP contribution >= 0.6 is 0 Å². The molecule has 24 aromatic carbocycles. The van der Waals surface area contributed by atoms with Gasteiger partial charge in [-0.15, -0.1) is 0 Å². The minimum absolute atomic E-state index is 0.619. The molecule has 684 valence electrons. The molecule has 0 amide bonds. The molecule has 0 fully saturated rings. The quantitative estimate of drug-likeness (QED) is 0.102. The van der Waals surface area contributed by atoms with Crippen LogP contribution in [0.3, 0.4) is 0 Å². The average Bonchev–Trinajstić information content (AvgIpc) is 1.56. The number of nitriles is 5. The molecular weight excluding hydrogens is 1820 g/mol. The van der Waals surface area contributed by atoms with Crippen LogP contribution in [0.25, 0.3) is 301 Å². The molecule has 0 aliphatic heterocycles. The van der Waals surface area contributed by atoms with Gasteiger partial charge in [-0.2, -0.15) is 26.3 Å². The van der Waals surface area contributed by atoms with Gasteiger partial charge in [0.25, 0.3) is 0 Å². The van der Waals surface area contributed by atoms with E-state index in [2.05, 4.69) is 326 Å². The molecule has 9 heteroatoms. The van der Waals surface area contributed by atoms with E-state index in [1.807, 2.05) is 164 Å². The van der Waals surface area contributed by atoms with Crippen LogP contribution in [0, 0.1) is 63.2 Å². The first-order valence-electron chi connectivity index (χ1n) is 49.9. The second kappa shape index (κ2) is 34.9. The van der Waals surface area contributed by atoms with E-state index < -0.39 is 0 Å². The Morgan fingerprint density at radius 2 is 0.387 bits per heavy atom. The number of nitrogens with zero attached hydrogens (tertiary/aromatic N) is 9. The van der Waals surface area contributed by atoms with Crippen LogP contribution in [0.5, 0.6) is 0 Å². The fourth-order valence-electron chi connectivity index (χ4n) is 24.1. The Morgan fingerprint density at radius 3 is 0.693 bits per heavy atom. The molecule has 3 aliphatic rings. The molecule has 9 nitrogen and oxygen atoms in total. The third-order valence-corrected chi connectivity index (χ3v) is 30.9. The van der Waals surface area contributed by atoms with Gasteiger partial charge >= 0.3 is 0 Å². The number of hydrogen-bond acceptors (Lipinski definition) is 8. The zero-order valence-corrected chi connectivity index (χ0v) is 80.3. The summed E-state index contributed by atoms with van der Waals surface area (Å²) in [5.74, 6) is 0. The predicted octanol–water partition coefficient (Wildman–Crippen LogP) is 36.9. The first-order valence-corrected chi connectivity index (χ1v) is 49.9. The lowest BCUT2D eigenvalue weighted by Crippen LogP contribution is -1.91. The zero-order valence-electron chi connectivity index (χ0n) is 80.3. The van der Waals surface area contributed by atoms with E-state index in [1.54, 1.807) is 0 Å². The van der Waals surface area contributed by atoms with Crippen molar-refractivity contribution in [3.8, 4) is 198 Å². The van der Waals surface area contributed by atoms with Crippen molar-refractivity contribution in [2.75, 3.05) is 0 Å². The van der Waals surface area contributed by atoms with Gasteiger partial charge in [0.2, 0.25) is 0 Å². The highest BCUT2D eigenvalue weighted by Crippen LogP contribution is 2.59.